The number of nitrogens with zero attached hydrogens (tertiary/aromatic N) is 2. The minimum atomic E-state index is -3.78. The molecule has 1 saturated heterocycles. The number of benzene rings is 1. The number of primary sulfonamides is 1. The van der Waals surface area contributed by atoms with Crippen molar-refractivity contribution in [3.8, 4) is 0 Å². The Bertz CT molecular complexity index is 927. The lowest BCUT2D eigenvalue weighted by Gasteiger charge is -2.28. The Morgan fingerprint density at radius 1 is 1.38 bits per heavy atom. The molecular weight excluding hydrogens is 378 g/mol. The Morgan fingerprint density at radius 3 is 2.69 bits per heavy atom. The zero-order valence-corrected chi connectivity index (χ0v) is 16.2. The summed E-state index contributed by atoms with van der Waals surface area (Å²) in [5.74, 6) is 0.159. The van der Waals surface area contributed by atoms with E-state index in [4.69, 9.17) is 5.14 Å². The third kappa shape index (κ3) is 3.93. The summed E-state index contributed by atoms with van der Waals surface area (Å²) in [5.41, 5.74) is 1.47. The van der Waals surface area contributed by atoms with Crippen LogP contribution < -0.4 is 10.0 Å². The number of hydrogen-bond acceptors (Lipinski definition) is 6. The van der Waals surface area contributed by atoms with Gasteiger partial charge in [-0.3, -0.25) is 9.69 Å². The van der Waals surface area contributed by atoms with Crippen molar-refractivity contribution < 1.29 is 21.6 Å². The molecule has 3 rings (SSSR count). The number of hydrogen-bond donors (Lipinski definition) is 1. The molecule has 0 aromatic heterocycles. The number of fused-ring (bicyclic) bond motifs is 1. The van der Waals surface area contributed by atoms with Gasteiger partial charge in [-0.25, -0.2) is 22.0 Å². The number of anilines is 1. The SMILES string of the molecule is CCN(CC(=O)N1CCc2cc(S(N)(=O)=O)ccc21)[C@@H]1CCS(=O)(=O)C1. The molecule has 2 aliphatic rings. The third-order valence-corrected chi connectivity index (χ3v) is 7.71. The van der Waals surface area contributed by atoms with Crippen molar-refractivity contribution in [2.24, 2.45) is 5.14 Å². The average Bonchev–Trinajstić information content (AvgIpc) is 3.14. The van der Waals surface area contributed by atoms with Gasteiger partial charge in [0.05, 0.1) is 22.9 Å². The third-order valence-electron chi connectivity index (χ3n) is 5.05. The summed E-state index contributed by atoms with van der Waals surface area (Å²) in [6.45, 7) is 3.13. The fourth-order valence-electron chi connectivity index (χ4n) is 3.64. The Hall–Kier alpha value is -1.49. The first-order valence-electron chi connectivity index (χ1n) is 8.51. The van der Waals surface area contributed by atoms with E-state index in [0.717, 1.165) is 5.56 Å². The monoisotopic (exact) mass is 401 g/mol. The standard InChI is InChI=1S/C16H23N3O5S2/c1-2-18(13-6-8-25(21,22)11-13)10-16(20)19-7-5-12-9-14(26(17,23)24)3-4-15(12)19/h3-4,9,13H,2,5-8,10-11H2,1H3,(H2,17,23,24)/t13-/m1/s1. The lowest BCUT2D eigenvalue weighted by atomic mass is 10.2. The zero-order chi connectivity index (χ0) is 19.1. The minimum absolute atomic E-state index is 0.0388. The van der Waals surface area contributed by atoms with E-state index in [9.17, 15) is 21.6 Å². The molecule has 0 radical (unpaired) electrons. The van der Waals surface area contributed by atoms with E-state index in [1.165, 1.54) is 12.1 Å². The molecule has 0 spiro atoms. The maximum Gasteiger partial charge on any atom is 0.241 e. The van der Waals surface area contributed by atoms with Crippen molar-refractivity contribution in [3.63, 3.8) is 0 Å². The summed E-state index contributed by atoms with van der Waals surface area (Å²) < 4.78 is 46.3. The second-order valence-electron chi connectivity index (χ2n) is 6.75. The Kier molecular flexibility index (Phi) is 5.13. The van der Waals surface area contributed by atoms with E-state index in [1.54, 1.807) is 11.0 Å². The van der Waals surface area contributed by atoms with Crippen molar-refractivity contribution in [2.75, 3.05) is 36.0 Å². The van der Waals surface area contributed by atoms with Gasteiger partial charge in [-0.05, 0) is 43.1 Å². The summed E-state index contributed by atoms with van der Waals surface area (Å²) in [5, 5.41) is 5.16. The van der Waals surface area contributed by atoms with Gasteiger partial charge in [0.15, 0.2) is 9.84 Å². The van der Waals surface area contributed by atoms with Gasteiger partial charge in [0.1, 0.15) is 0 Å². The number of rotatable bonds is 5. The summed E-state index contributed by atoms with van der Waals surface area (Å²) in [7, 11) is -6.78. The second kappa shape index (κ2) is 6.91. The largest absolute Gasteiger partial charge is 0.311 e. The van der Waals surface area contributed by atoms with Crippen LogP contribution in [0.25, 0.3) is 0 Å². The number of sulfone groups is 1. The predicted octanol–water partition coefficient (Wildman–Crippen LogP) is -0.268. The topological polar surface area (TPSA) is 118 Å². The molecule has 0 saturated carbocycles. The van der Waals surface area contributed by atoms with Gasteiger partial charge in [0, 0.05) is 18.3 Å². The molecule has 0 unspecified atom stereocenters. The van der Waals surface area contributed by atoms with Crippen LogP contribution in [0, 0.1) is 0 Å². The van der Waals surface area contributed by atoms with E-state index in [1.807, 2.05) is 11.8 Å². The van der Waals surface area contributed by atoms with Crippen LogP contribution in [0.2, 0.25) is 0 Å². The van der Waals surface area contributed by atoms with Gasteiger partial charge in [-0.15, -0.1) is 0 Å². The molecule has 26 heavy (non-hydrogen) atoms. The smallest absolute Gasteiger partial charge is 0.241 e. The molecule has 1 fully saturated rings. The number of likely N-dealkylation sites (N-methyl/N-ethyl adjacent to an activating group) is 1. The quantitative estimate of drug-likeness (QED) is 0.726. The second-order valence-corrected chi connectivity index (χ2v) is 10.5. The molecule has 0 bridgehead atoms. The number of nitrogens with two attached hydrogens (primary N) is 1. The number of carbonyl (C=O) groups is 1. The highest BCUT2D eigenvalue weighted by atomic mass is 32.2. The molecule has 8 nitrogen and oxygen atoms in total. The van der Waals surface area contributed by atoms with Crippen molar-refractivity contribution in [3.05, 3.63) is 23.8 Å². The van der Waals surface area contributed by atoms with Crippen LogP contribution in [0.1, 0.15) is 18.9 Å². The van der Waals surface area contributed by atoms with E-state index >= 15 is 0 Å². The molecular formula is C16H23N3O5S2. The van der Waals surface area contributed by atoms with Crippen molar-refractivity contribution >= 4 is 31.5 Å². The van der Waals surface area contributed by atoms with E-state index < -0.39 is 19.9 Å². The zero-order valence-electron chi connectivity index (χ0n) is 14.6. The number of amides is 1. The number of sulfonamides is 1. The minimum Gasteiger partial charge on any atom is -0.311 e. The van der Waals surface area contributed by atoms with Crippen LogP contribution >= 0.6 is 0 Å². The van der Waals surface area contributed by atoms with Crippen LogP contribution in [-0.4, -0.2) is 64.8 Å². The molecule has 1 atom stereocenters. The maximum atomic E-state index is 12.8. The highest BCUT2D eigenvalue weighted by Gasteiger charge is 2.34. The van der Waals surface area contributed by atoms with E-state index in [2.05, 4.69) is 0 Å². The molecule has 1 aromatic rings. The fraction of sp³-hybridized carbons (Fsp3) is 0.562. The van der Waals surface area contributed by atoms with Crippen LogP contribution in [-0.2, 0) is 31.1 Å². The summed E-state index contributed by atoms with van der Waals surface area (Å²) in [6.07, 6.45) is 1.12. The molecule has 1 aromatic carbocycles. The lowest BCUT2D eigenvalue weighted by molar-refractivity contribution is -0.120. The Labute approximate surface area is 153 Å². The normalized spacial score (nSPS) is 22.0. The molecule has 0 aliphatic carbocycles. The van der Waals surface area contributed by atoms with Crippen LogP contribution in [0.15, 0.2) is 23.1 Å². The van der Waals surface area contributed by atoms with Gasteiger partial charge in [0.2, 0.25) is 15.9 Å². The average molecular weight is 402 g/mol. The first kappa shape index (κ1) is 19.3. The highest BCUT2D eigenvalue weighted by Crippen LogP contribution is 2.30. The van der Waals surface area contributed by atoms with Crippen LogP contribution in [0.5, 0.6) is 0 Å². The van der Waals surface area contributed by atoms with Gasteiger partial charge >= 0.3 is 0 Å². The fourth-order valence-corrected chi connectivity index (χ4v) is 5.96. The van der Waals surface area contributed by atoms with Gasteiger partial charge < -0.3 is 4.90 Å². The molecule has 1 amide bonds. The van der Waals surface area contributed by atoms with Gasteiger partial charge in [-0.1, -0.05) is 6.92 Å². The van der Waals surface area contributed by atoms with Crippen LogP contribution in [0.3, 0.4) is 0 Å². The predicted molar refractivity (Wildman–Crippen MR) is 98.2 cm³/mol. The van der Waals surface area contributed by atoms with Crippen LogP contribution in [0.4, 0.5) is 5.69 Å². The lowest BCUT2D eigenvalue weighted by Crippen LogP contribution is -2.44. The van der Waals surface area contributed by atoms with E-state index in [-0.39, 0.29) is 34.9 Å². The summed E-state index contributed by atoms with van der Waals surface area (Å²) >= 11 is 0. The van der Waals surface area contributed by atoms with Gasteiger partial charge in [0.25, 0.3) is 0 Å². The first-order valence-corrected chi connectivity index (χ1v) is 11.9. The Morgan fingerprint density at radius 2 is 2.12 bits per heavy atom. The molecule has 144 valence electrons. The Balaban J connectivity index is 1.74. The van der Waals surface area contributed by atoms with Crippen molar-refractivity contribution in [1.82, 2.24) is 4.90 Å². The molecule has 2 heterocycles. The van der Waals surface area contributed by atoms with E-state index in [0.29, 0.717) is 31.6 Å². The molecule has 10 heteroatoms. The molecule has 2 aliphatic heterocycles. The maximum absolute atomic E-state index is 12.8. The summed E-state index contributed by atoms with van der Waals surface area (Å²) in [6, 6.07) is 4.40. The first-order chi connectivity index (χ1) is 12.1. The van der Waals surface area contributed by atoms with Crippen molar-refractivity contribution in [2.45, 2.75) is 30.7 Å². The highest BCUT2D eigenvalue weighted by molar-refractivity contribution is 7.91. The molecule has 2 N–H and O–H groups in total. The van der Waals surface area contributed by atoms with Gasteiger partial charge in [-0.2, -0.15) is 0 Å². The van der Waals surface area contributed by atoms with Crippen molar-refractivity contribution in [1.29, 1.82) is 0 Å². The number of carbonyl (C=O) groups excluding carboxylic acids is 1. The summed E-state index contributed by atoms with van der Waals surface area (Å²) in [4.78, 5) is 16.3.